The average Bonchev–Trinajstić information content (AvgIpc) is 2.38. The van der Waals surface area contributed by atoms with Gasteiger partial charge in [0.1, 0.15) is 18.0 Å². The number of hydrogen-bond acceptors (Lipinski definition) is 0. The molecule has 2 rings (SSSR count). The number of rotatable bonds is 2. The van der Waals surface area contributed by atoms with Gasteiger partial charge in [0.05, 0.1) is 5.56 Å². The van der Waals surface area contributed by atoms with Crippen molar-refractivity contribution in [1.29, 1.82) is 0 Å². The molecular formula is C15H16F4. The Balaban J connectivity index is 2.30. The van der Waals surface area contributed by atoms with Crippen molar-refractivity contribution in [3.05, 3.63) is 41.2 Å². The van der Waals surface area contributed by atoms with Crippen LogP contribution in [0, 0.1) is 17.6 Å². The van der Waals surface area contributed by atoms with Crippen LogP contribution in [0.25, 0.3) is 5.83 Å². The first-order valence-electron chi connectivity index (χ1n) is 6.48. The lowest BCUT2D eigenvalue weighted by Crippen LogP contribution is -2.11. The van der Waals surface area contributed by atoms with E-state index in [0.717, 1.165) is 37.8 Å². The molecule has 0 atom stereocenters. The summed E-state index contributed by atoms with van der Waals surface area (Å²) in [4.78, 5) is 0. The topological polar surface area (TPSA) is 0 Å². The van der Waals surface area contributed by atoms with Crippen LogP contribution in [0.3, 0.4) is 0 Å². The minimum atomic E-state index is -1.51. The van der Waals surface area contributed by atoms with Crippen LogP contribution >= 0.6 is 0 Å². The Morgan fingerprint density at radius 1 is 1.11 bits per heavy atom. The zero-order valence-electron chi connectivity index (χ0n) is 10.7. The van der Waals surface area contributed by atoms with E-state index in [0.29, 0.717) is 11.5 Å². The Morgan fingerprint density at radius 3 is 2.11 bits per heavy atom. The summed E-state index contributed by atoms with van der Waals surface area (Å²) in [5, 5.41) is 0. The van der Waals surface area contributed by atoms with Crippen LogP contribution in [0.4, 0.5) is 17.6 Å². The third kappa shape index (κ3) is 2.99. The van der Waals surface area contributed by atoms with E-state index < -0.39 is 29.4 Å². The van der Waals surface area contributed by atoms with Crippen molar-refractivity contribution in [2.24, 2.45) is 5.92 Å². The summed E-state index contributed by atoms with van der Waals surface area (Å²) in [6, 6.07) is 2.25. The maximum Gasteiger partial charge on any atom is 0.164 e. The first kappa shape index (κ1) is 14.1. The Hall–Kier alpha value is -1.32. The molecule has 0 heterocycles. The summed E-state index contributed by atoms with van der Waals surface area (Å²) >= 11 is 0. The van der Waals surface area contributed by atoms with Crippen LogP contribution in [-0.2, 0) is 0 Å². The van der Waals surface area contributed by atoms with E-state index in [-0.39, 0.29) is 5.92 Å². The van der Waals surface area contributed by atoms with E-state index in [1.165, 1.54) is 0 Å². The van der Waals surface area contributed by atoms with Crippen molar-refractivity contribution in [1.82, 2.24) is 0 Å². The normalized spacial score (nSPS) is 24.6. The summed E-state index contributed by atoms with van der Waals surface area (Å²) in [6.45, 7) is 2.15. The van der Waals surface area contributed by atoms with Crippen LogP contribution in [0.1, 0.15) is 49.7 Å². The highest BCUT2D eigenvalue weighted by atomic mass is 19.2. The summed E-state index contributed by atoms with van der Waals surface area (Å²) < 4.78 is 52.5. The molecule has 0 radical (unpaired) electrons. The molecule has 1 aliphatic rings. The monoisotopic (exact) mass is 272 g/mol. The summed E-state index contributed by atoms with van der Waals surface area (Å²) in [7, 11) is 0. The molecule has 1 aromatic rings. The molecule has 0 amide bonds. The third-order valence-electron chi connectivity index (χ3n) is 3.89. The molecule has 0 spiro atoms. The molecule has 0 aromatic heterocycles. The summed E-state index contributed by atoms with van der Waals surface area (Å²) in [6.07, 6.45) is 3.37. The predicted molar refractivity (Wildman–Crippen MR) is 66.9 cm³/mol. The number of benzene rings is 1. The lowest BCUT2D eigenvalue weighted by atomic mass is 9.79. The molecule has 1 fully saturated rings. The van der Waals surface area contributed by atoms with E-state index >= 15 is 0 Å². The van der Waals surface area contributed by atoms with Gasteiger partial charge in [0.2, 0.25) is 0 Å². The van der Waals surface area contributed by atoms with Crippen molar-refractivity contribution in [3.8, 4) is 0 Å². The molecule has 4 heteroatoms. The Bertz CT molecular complexity index is 462. The third-order valence-corrected chi connectivity index (χ3v) is 3.89. The molecule has 0 unspecified atom stereocenters. The first-order chi connectivity index (χ1) is 9.02. The van der Waals surface area contributed by atoms with Crippen LogP contribution in [0.5, 0.6) is 0 Å². The van der Waals surface area contributed by atoms with Crippen LogP contribution < -0.4 is 0 Å². The zero-order chi connectivity index (χ0) is 14.0. The van der Waals surface area contributed by atoms with Crippen molar-refractivity contribution < 1.29 is 17.6 Å². The number of halogens is 4. The molecule has 0 aliphatic heterocycles. The van der Waals surface area contributed by atoms with Gasteiger partial charge in [-0.05, 0) is 42.4 Å². The largest absolute Gasteiger partial charge is 0.212 e. The standard InChI is InChI=1S/C15H16F4/c1-9-2-4-10(5-3-9)11-6-12(17)15(13(18)7-11)14(19)8-16/h6-10H,2-5H2,1H3/b14-8+. The maximum absolute atomic E-state index is 13.7. The van der Waals surface area contributed by atoms with E-state index in [9.17, 15) is 17.6 Å². The quantitative estimate of drug-likeness (QED) is 0.624. The van der Waals surface area contributed by atoms with Gasteiger partial charge in [0.25, 0.3) is 0 Å². The number of hydrogen-bond donors (Lipinski definition) is 0. The Labute approximate surface area is 110 Å². The second-order valence-corrected chi connectivity index (χ2v) is 5.27. The fourth-order valence-electron chi connectivity index (χ4n) is 2.70. The Morgan fingerprint density at radius 2 is 1.63 bits per heavy atom. The van der Waals surface area contributed by atoms with Crippen molar-refractivity contribution in [3.63, 3.8) is 0 Å². The molecule has 1 aromatic carbocycles. The van der Waals surface area contributed by atoms with E-state index in [4.69, 9.17) is 0 Å². The first-order valence-corrected chi connectivity index (χ1v) is 6.48. The van der Waals surface area contributed by atoms with Gasteiger partial charge in [-0.1, -0.05) is 19.8 Å². The SMILES string of the molecule is CC1CCC(c2cc(F)c(/C(F)=C\F)c(F)c2)CC1. The lowest BCUT2D eigenvalue weighted by molar-refractivity contribution is 0.346. The molecule has 0 saturated heterocycles. The van der Waals surface area contributed by atoms with Gasteiger partial charge in [0.15, 0.2) is 5.83 Å². The lowest BCUT2D eigenvalue weighted by Gasteiger charge is -2.26. The van der Waals surface area contributed by atoms with Crippen molar-refractivity contribution >= 4 is 5.83 Å². The fourth-order valence-corrected chi connectivity index (χ4v) is 2.70. The van der Waals surface area contributed by atoms with Crippen LogP contribution in [0.2, 0.25) is 0 Å². The van der Waals surface area contributed by atoms with Gasteiger partial charge in [-0.25, -0.2) is 17.6 Å². The van der Waals surface area contributed by atoms with Crippen molar-refractivity contribution in [2.45, 2.75) is 38.5 Å². The molecule has 0 N–H and O–H groups in total. The second kappa shape index (κ2) is 5.76. The summed E-state index contributed by atoms with van der Waals surface area (Å²) in [5.74, 6) is -2.86. The van der Waals surface area contributed by atoms with Crippen molar-refractivity contribution in [2.75, 3.05) is 0 Å². The van der Waals surface area contributed by atoms with Gasteiger partial charge in [-0.2, -0.15) is 0 Å². The highest BCUT2D eigenvalue weighted by Crippen LogP contribution is 2.37. The minimum absolute atomic E-state index is 0.103. The molecular weight excluding hydrogens is 256 g/mol. The molecule has 104 valence electrons. The Kier molecular flexibility index (Phi) is 4.27. The van der Waals surface area contributed by atoms with E-state index in [1.54, 1.807) is 0 Å². The van der Waals surface area contributed by atoms with Gasteiger partial charge in [-0.15, -0.1) is 0 Å². The minimum Gasteiger partial charge on any atom is -0.212 e. The van der Waals surface area contributed by atoms with Crippen LogP contribution in [-0.4, -0.2) is 0 Å². The highest BCUT2D eigenvalue weighted by Gasteiger charge is 2.23. The zero-order valence-corrected chi connectivity index (χ0v) is 10.7. The van der Waals surface area contributed by atoms with Gasteiger partial charge in [0, 0.05) is 0 Å². The molecule has 1 aliphatic carbocycles. The molecule has 19 heavy (non-hydrogen) atoms. The molecule has 0 bridgehead atoms. The molecule has 0 nitrogen and oxygen atoms in total. The van der Waals surface area contributed by atoms with Crippen LogP contribution in [0.15, 0.2) is 18.5 Å². The van der Waals surface area contributed by atoms with Gasteiger partial charge in [-0.3, -0.25) is 0 Å². The van der Waals surface area contributed by atoms with E-state index in [2.05, 4.69) is 6.92 Å². The highest BCUT2D eigenvalue weighted by molar-refractivity contribution is 5.59. The second-order valence-electron chi connectivity index (χ2n) is 5.27. The average molecular weight is 272 g/mol. The smallest absolute Gasteiger partial charge is 0.164 e. The van der Waals surface area contributed by atoms with E-state index in [1.807, 2.05) is 0 Å². The maximum atomic E-state index is 13.7. The molecule has 1 saturated carbocycles. The summed E-state index contributed by atoms with van der Waals surface area (Å²) in [5.41, 5.74) is -0.382. The fraction of sp³-hybridized carbons (Fsp3) is 0.467. The van der Waals surface area contributed by atoms with Gasteiger partial charge < -0.3 is 0 Å². The van der Waals surface area contributed by atoms with Gasteiger partial charge >= 0.3 is 0 Å². The predicted octanol–water partition coefficient (Wildman–Crippen LogP) is 5.50.